The zero-order chi connectivity index (χ0) is 30.4. The first-order valence-electron chi connectivity index (χ1n) is 14.7. The van der Waals surface area contributed by atoms with Gasteiger partial charge in [-0.15, -0.1) is 0 Å². The maximum absolute atomic E-state index is 13.2. The molecule has 0 aliphatic heterocycles. The van der Waals surface area contributed by atoms with E-state index in [0.717, 1.165) is 35.4 Å². The normalized spacial score (nSPS) is 17.9. The van der Waals surface area contributed by atoms with Crippen molar-refractivity contribution in [2.75, 3.05) is 11.9 Å². The maximum Gasteiger partial charge on any atom is 0.306 e. The molecule has 3 N–H and O–H groups in total. The monoisotopic (exact) mass is 675 g/mol. The number of rotatable bonds is 14. The van der Waals surface area contributed by atoms with E-state index in [1.165, 1.54) is 22.8 Å². The summed E-state index contributed by atoms with van der Waals surface area (Å²) < 4.78 is 7.01. The van der Waals surface area contributed by atoms with Crippen LogP contribution < -0.4 is 10.2 Å². The van der Waals surface area contributed by atoms with Crippen molar-refractivity contribution in [3.8, 4) is 11.8 Å². The van der Waals surface area contributed by atoms with Crippen LogP contribution in [-0.2, 0) is 20.7 Å². The van der Waals surface area contributed by atoms with Gasteiger partial charge in [0.05, 0.1) is 18.0 Å². The van der Waals surface area contributed by atoms with E-state index in [1.54, 1.807) is 31.1 Å². The van der Waals surface area contributed by atoms with Crippen LogP contribution in [0.25, 0.3) is 0 Å². The fourth-order valence-electron chi connectivity index (χ4n) is 5.06. The molecule has 0 heterocycles. The predicted octanol–water partition coefficient (Wildman–Crippen LogP) is 7.36. The second kappa shape index (κ2) is 17.9. The van der Waals surface area contributed by atoms with Crippen LogP contribution in [0.1, 0.15) is 89.7 Å². The van der Waals surface area contributed by atoms with Crippen LogP contribution in [0.5, 0.6) is 0 Å². The highest BCUT2D eigenvalue weighted by Gasteiger charge is 2.27. The Morgan fingerprint density at radius 1 is 1.27 bits per heavy atom. The van der Waals surface area contributed by atoms with Gasteiger partial charge in [0.25, 0.3) is 0 Å². The number of aliphatic carboxylic acids is 1. The molecule has 224 valence electrons. The molecule has 2 rings (SSSR count). The Morgan fingerprint density at radius 2 is 1.98 bits per heavy atom. The summed E-state index contributed by atoms with van der Waals surface area (Å²) >= 11 is 2.36. The summed E-state index contributed by atoms with van der Waals surface area (Å²) in [4.78, 5) is 26.0. The second-order valence-electron chi connectivity index (χ2n) is 10.9. The molecule has 7 nitrogen and oxygen atoms in total. The number of amides is 1. The number of carbonyl (C=O) groups is 2. The van der Waals surface area contributed by atoms with E-state index < -0.39 is 5.97 Å². The summed E-state index contributed by atoms with van der Waals surface area (Å²) in [6.45, 7) is 8.20. The van der Waals surface area contributed by atoms with E-state index in [2.05, 4.69) is 72.7 Å². The summed E-state index contributed by atoms with van der Waals surface area (Å²) in [7, 11) is 1.79. The Kier molecular flexibility index (Phi) is 15.0. The van der Waals surface area contributed by atoms with Crippen molar-refractivity contribution in [2.45, 2.75) is 98.0 Å². The van der Waals surface area contributed by atoms with Crippen LogP contribution in [0, 0.1) is 39.6 Å². The van der Waals surface area contributed by atoms with E-state index in [-0.39, 0.29) is 30.2 Å². The number of nitrogens with one attached hydrogen (secondary N) is 2. The minimum absolute atomic E-state index is 0.126. The molecule has 0 spiro atoms. The lowest BCUT2D eigenvalue weighted by molar-refractivity contribution is -0.143. The number of halogens is 1. The summed E-state index contributed by atoms with van der Waals surface area (Å²) in [6.07, 6.45) is 13.6. The number of nitrogens with zero attached hydrogens (tertiary/aromatic N) is 1. The third-order valence-electron chi connectivity index (χ3n) is 7.48. The molecule has 1 saturated carbocycles. The minimum atomic E-state index is -0.753. The van der Waals surface area contributed by atoms with E-state index in [4.69, 9.17) is 10.1 Å². The third-order valence-corrected chi connectivity index (χ3v) is 8.64. The first kappa shape index (κ1) is 34.4. The number of aryl methyl sites for hydroxylation is 1. The summed E-state index contributed by atoms with van der Waals surface area (Å²) in [5.41, 5.74) is 3.85. The quantitative estimate of drug-likeness (QED) is 0.0478. The average molecular weight is 676 g/mol. The molecule has 0 bridgehead atoms. The number of ether oxygens (including phenoxy) is 1. The largest absolute Gasteiger partial charge is 0.481 e. The van der Waals surface area contributed by atoms with Gasteiger partial charge in [-0.25, -0.2) is 0 Å². The topological polar surface area (TPSA) is 103 Å². The van der Waals surface area contributed by atoms with Gasteiger partial charge in [-0.3, -0.25) is 19.9 Å². The number of allylic oxidation sites excluding steroid dienone is 2. The standard InChI is InChI=1S/C33H46IN3O4/c1-6-8-9-12-23(3)19-26-21-29(34)24(4)20-30(26)37(32(38)11-7-2)18-10-13-27(36-5)22-31(35)41-28-16-14-25(15-17-28)33(39)40/h10,13,18,20-21,23,25,28,35-36H,6,8-9,12,14-17,19,22H2,1-5H3,(H,39,40)/b18-10?,27-13+,35-31?. The molecule has 1 aliphatic rings. The van der Waals surface area contributed by atoms with E-state index in [1.807, 2.05) is 6.08 Å². The molecule has 1 atom stereocenters. The fourth-order valence-corrected chi connectivity index (χ4v) is 5.59. The molecular formula is C33H46IN3O4. The molecule has 1 fully saturated rings. The molecule has 1 unspecified atom stereocenters. The van der Waals surface area contributed by atoms with Gasteiger partial charge in [-0.2, -0.15) is 0 Å². The molecule has 1 amide bonds. The first-order chi connectivity index (χ1) is 19.6. The molecule has 1 aliphatic carbocycles. The van der Waals surface area contributed by atoms with Gasteiger partial charge in [0, 0.05) is 22.5 Å². The van der Waals surface area contributed by atoms with Gasteiger partial charge in [0.1, 0.15) is 6.10 Å². The minimum Gasteiger partial charge on any atom is -0.481 e. The van der Waals surface area contributed by atoms with Crippen LogP contribution in [0.2, 0.25) is 0 Å². The van der Waals surface area contributed by atoms with Crippen molar-refractivity contribution >= 4 is 46.1 Å². The second-order valence-corrected chi connectivity index (χ2v) is 12.1. The fraction of sp³-hybridized carbons (Fsp3) is 0.545. The SMILES string of the molecule is CC#CC(=O)N(C=C/C=C(\CC(=N)OC1CCC(C(=O)O)CC1)NC)c1cc(C)c(I)cc1CC(C)CCCCC. The molecule has 0 aromatic heterocycles. The molecule has 8 heteroatoms. The third kappa shape index (κ3) is 11.5. The van der Waals surface area contributed by atoms with Crippen molar-refractivity contribution in [2.24, 2.45) is 11.8 Å². The number of carboxylic acid groups (broad SMARTS) is 1. The van der Waals surface area contributed by atoms with Crippen molar-refractivity contribution in [3.05, 3.63) is 50.9 Å². The summed E-state index contributed by atoms with van der Waals surface area (Å²) in [5.74, 6) is 4.71. The van der Waals surface area contributed by atoms with E-state index in [0.29, 0.717) is 31.6 Å². The van der Waals surface area contributed by atoms with Gasteiger partial charge >= 0.3 is 11.9 Å². The number of unbranched alkanes of at least 4 members (excludes halogenated alkanes) is 2. The highest BCUT2D eigenvalue weighted by atomic mass is 127. The smallest absolute Gasteiger partial charge is 0.306 e. The molecule has 1 aromatic carbocycles. The van der Waals surface area contributed by atoms with Crippen molar-refractivity contribution in [1.82, 2.24) is 5.32 Å². The number of benzene rings is 1. The lowest BCUT2D eigenvalue weighted by Gasteiger charge is -2.27. The number of anilines is 1. The number of carbonyl (C=O) groups excluding carboxylic acids is 1. The molecule has 1 aromatic rings. The zero-order valence-corrected chi connectivity index (χ0v) is 27.3. The highest BCUT2D eigenvalue weighted by molar-refractivity contribution is 14.1. The Balaban J connectivity index is 2.21. The maximum atomic E-state index is 13.2. The first-order valence-corrected chi connectivity index (χ1v) is 15.7. The molecule has 41 heavy (non-hydrogen) atoms. The summed E-state index contributed by atoms with van der Waals surface area (Å²) in [5, 5.41) is 20.7. The van der Waals surface area contributed by atoms with Gasteiger partial charge in [0.15, 0.2) is 5.90 Å². The zero-order valence-electron chi connectivity index (χ0n) is 25.2. The van der Waals surface area contributed by atoms with Gasteiger partial charge < -0.3 is 15.2 Å². The number of hydrogen-bond donors (Lipinski definition) is 3. The van der Waals surface area contributed by atoms with Gasteiger partial charge in [0.2, 0.25) is 0 Å². The Hall–Kier alpha value is -2.80. The Labute approximate surface area is 259 Å². The lowest BCUT2D eigenvalue weighted by Crippen LogP contribution is -2.28. The lowest BCUT2D eigenvalue weighted by atomic mass is 9.87. The van der Waals surface area contributed by atoms with Crippen LogP contribution >= 0.6 is 22.6 Å². The Morgan fingerprint density at radius 3 is 2.59 bits per heavy atom. The Bertz CT molecular complexity index is 1170. The average Bonchev–Trinajstić information content (AvgIpc) is 2.93. The van der Waals surface area contributed by atoms with Crippen molar-refractivity contribution < 1.29 is 19.4 Å². The number of hydrogen-bond acceptors (Lipinski definition) is 5. The van der Waals surface area contributed by atoms with E-state index in [9.17, 15) is 14.7 Å². The van der Waals surface area contributed by atoms with Crippen molar-refractivity contribution in [3.63, 3.8) is 0 Å². The molecular weight excluding hydrogens is 629 g/mol. The molecule has 0 saturated heterocycles. The van der Waals surface area contributed by atoms with Gasteiger partial charge in [-0.05, 0) is 116 Å². The molecule has 0 radical (unpaired) electrons. The predicted molar refractivity (Wildman–Crippen MR) is 175 cm³/mol. The van der Waals surface area contributed by atoms with Crippen LogP contribution in [0.15, 0.2) is 36.2 Å². The van der Waals surface area contributed by atoms with Crippen molar-refractivity contribution in [1.29, 1.82) is 5.41 Å². The van der Waals surface area contributed by atoms with Crippen LogP contribution in [-0.4, -0.2) is 36.0 Å². The van der Waals surface area contributed by atoms with Gasteiger partial charge in [-0.1, -0.05) is 45.5 Å². The van der Waals surface area contributed by atoms with E-state index >= 15 is 0 Å². The van der Waals surface area contributed by atoms with Crippen LogP contribution in [0.3, 0.4) is 0 Å². The number of carboxylic acids is 1. The summed E-state index contributed by atoms with van der Waals surface area (Å²) in [6, 6.07) is 4.26. The highest BCUT2D eigenvalue weighted by Crippen LogP contribution is 2.30. The van der Waals surface area contributed by atoms with Crippen LogP contribution in [0.4, 0.5) is 5.69 Å².